The molecule has 0 aliphatic carbocycles. The maximum absolute atomic E-state index is 10.8. The Hall–Kier alpha value is -6.82. The number of ether oxygens (including phenoxy) is 4. The van der Waals surface area contributed by atoms with Gasteiger partial charge in [0.1, 0.15) is 48.3 Å². The number of aliphatic hydroxyl groups is 4. The van der Waals surface area contributed by atoms with Crippen molar-refractivity contribution in [2.24, 2.45) is 5.73 Å². The molecular formula is C57H70N12O8. The summed E-state index contributed by atoms with van der Waals surface area (Å²) in [6.45, 7) is 6.77. The lowest BCUT2D eigenvalue weighted by Gasteiger charge is -2.20. The van der Waals surface area contributed by atoms with E-state index in [1.165, 1.54) is 36.5 Å². The fourth-order valence-electron chi connectivity index (χ4n) is 9.88. The Labute approximate surface area is 447 Å². The minimum atomic E-state index is -1.16. The topological polar surface area (TPSA) is 267 Å². The van der Waals surface area contributed by atoms with Crippen LogP contribution in [0.4, 0.5) is 11.6 Å². The Bertz CT molecular complexity index is 3000. The number of aromatic nitrogens is 8. The molecule has 77 heavy (non-hydrogen) atoms. The molecule has 8 atom stereocenters. The fraction of sp³-hybridized carbons (Fsp3) is 0.404. The van der Waals surface area contributed by atoms with Crippen molar-refractivity contribution in [2.75, 3.05) is 64.2 Å². The quantitative estimate of drug-likeness (QED) is 0.0457. The number of hydrogen-bond acceptors (Lipinski definition) is 18. The number of hydrogen-bond donors (Lipinski definition) is 8. The van der Waals surface area contributed by atoms with Crippen LogP contribution in [0, 0.1) is 0 Å². The van der Waals surface area contributed by atoms with E-state index in [0.29, 0.717) is 90.7 Å². The second kappa shape index (κ2) is 26.0. The van der Waals surface area contributed by atoms with Crippen LogP contribution in [0.5, 0.6) is 0 Å². The number of methoxy groups -OCH3 is 2. The van der Waals surface area contributed by atoms with Gasteiger partial charge in [-0.25, -0.2) is 29.9 Å². The van der Waals surface area contributed by atoms with Crippen molar-refractivity contribution >= 4 is 34.0 Å². The summed E-state index contributed by atoms with van der Waals surface area (Å²) in [6.07, 6.45) is -3.33. The van der Waals surface area contributed by atoms with Crippen LogP contribution in [0.3, 0.4) is 0 Å². The predicted molar refractivity (Wildman–Crippen MR) is 292 cm³/mol. The minimum absolute atomic E-state index is 0.0809. The zero-order valence-corrected chi connectivity index (χ0v) is 43.8. The van der Waals surface area contributed by atoms with E-state index in [1.54, 1.807) is 21.8 Å². The number of nitrogens with one attached hydrogen (secondary N) is 3. The van der Waals surface area contributed by atoms with E-state index in [1.807, 2.05) is 72.8 Å². The first-order valence-corrected chi connectivity index (χ1v) is 26.2. The zero-order chi connectivity index (χ0) is 53.8. The Morgan fingerprint density at radius 2 is 0.922 bits per heavy atom. The Balaban J connectivity index is 0.000000188. The van der Waals surface area contributed by atoms with Gasteiger partial charge in [0.25, 0.3) is 0 Å². The third-order valence-corrected chi connectivity index (χ3v) is 13.8. The van der Waals surface area contributed by atoms with Gasteiger partial charge in [0.2, 0.25) is 0 Å². The van der Waals surface area contributed by atoms with Gasteiger partial charge in [0, 0.05) is 64.6 Å². The van der Waals surface area contributed by atoms with Gasteiger partial charge in [-0.2, -0.15) is 0 Å². The molecule has 2 aliphatic rings. The number of anilines is 2. The van der Waals surface area contributed by atoms with Crippen molar-refractivity contribution in [3.63, 3.8) is 0 Å². The second-order valence-electron chi connectivity index (χ2n) is 19.5. The van der Waals surface area contributed by atoms with E-state index in [4.69, 9.17) is 39.6 Å². The highest BCUT2D eigenvalue weighted by Crippen LogP contribution is 2.36. The highest BCUT2D eigenvalue weighted by molar-refractivity contribution is 5.84. The maximum Gasteiger partial charge on any atom is 0.167 e. The highest BCUT2D eigenvalue weighted by Gasteiger charge is 2.45. The molecule has 4 aromatic carbocycles. The van der Waals surface area contributed by atoms with E-state index < -0.39 is 49.1 Å². The van der Waals surface area contributed by atoms with Gasteiger partial charge < -0.3 is 61.1 Å². The molecule has 8 aromatic rings. The molecule has 0 saturated carbocycles. The molecule has 20 heteroatoms. The normalized spacial score (nSPS) is 21.4. The first kappa shape index (κ1) is 55.0. The molecule has 0 radical (unpaired) electrons. The summed E-state index contributed by atoms with van der Waals surface area (Å²) in [4.78, 5) is 28.2. The van der Waals surface area contributed by atoms with Crippen LogP contribution in [-0.2, 0) is 31.8 Å². The average Bonchev–Trinajstić information content (AvgIpc) is 4.27. The predicted octanol–water partition coefficient (Wildman–Crippen LogP) is 4.71. The van der Waals surface area contributed by atoms with Gasteiger partial charge in [-0.05, 0) is 28.8 Å². The smallest absolute Gasteiger partial charge is 0.167 e. The van der Waals surface area contributed by atoms with Crippen molar-refractivity contribution in [3.05, 3.63) is 168 Å². The summed E-state index contributed by atoms with van der Waals surface area (Å²) in [5.74, 6) is 2.55. The fourth-order valence-corrected chi connectivity index (χ4v) is 9.88. The van der Waals surface area contributed by atoms with Crippen LogP contribution in [0.15, 0.2) is 134 Å². The molecule has 2 saturated heterocycles. The molecule has 6 heterocycles. The number of nitrogens with two attached hydrogens (primary N) is 1. The van der Waals surface area contributed by atoms with Gasteiger partial charge in [-0.3, -0.25) is 9.13 Å². The lowest BCUT2D eigenvalue weighted by molar-refractivity contribution is -0.0580. The highest BCUT2D eigenvalue weighted by atomic mass is 16.6. The molecule has 406 valence electrons. The number of nitrogens with zero attached hydrogens (tertiary/aromatic N) is 8. The van der Waals surface area contributed by atoms with Crippen molar-refractivity contribution in [1.82, 2.24) is 44.4 Å². The molecular weight excluding hydrogens is 981 g/mol. The minimum Gasteiger partial charge on any atom is -0.387 e. The Morgan fingerprint density at radius 3 is 1.27 bits per heavy atom. The number of imidazole rings is 2. The molecule has 0 spiro atoms. The maximum atomic E-state index is 10.8. The Kier molecular flexibility index (Phi) is 18.6. The molecule has 2 aliphatic heterocycles. The molecule has 2 fully saturated rings. The first-order chi connectivity index (χ1) is 37.6. The third kappa shape index (κ3) is 12.8. The van der Waals surface area contributed by atoms with Gasteiger partial charge in [0.15, 0.2) is 46.4 Å². The van der Waals surface area contributed by atoms with Crippen molar-refractivity contribution in [3.8, 4) is 0 Å². The van der Waals surface area contributed by atoms with Gasteiger partial charge in [-0.1, -0.05) is 135 Å². The first-order valence-electron chi connectivity index (χ1n) is 26.2. The number of fused-ring (bicyclic) bond motifs is 2. The lowest BCUT2D eigenvalue weighted by atomic mass is 9.91. The van der Waals surface area contributed by atoms with Crippen molar-refractivity contribution in [1.29, 1.82) is 0 Å². The van der Waals surface area contributed by atoms with E-state index in [0.717, 1.165) is 0 Å². The van der Waals surface area contributed by atoms with Crippen LogP contribution < -0.4 is 21.7 Å². The zero-order valence-electron chi connectivity index (χ0n) is 43.8. The molecule has 0 bridgehead atoms. The molecule has 20 nitrogen and oxygen atoms in total. The lowest BCUT2D eigenvalue weighted by Crippen LogP contribution is -2.33. The number of rotatable bonds is 22. The summed E-state index contributed by atoms with van der Waals surface area (Å²) in [6, 6.07) is 41.7. The molecule has 0 amide bonds. The largest absolute Gasteiger partial charge is 0.387 e. The van der Waals surface area contributed by atoms with Crippen molar-refractivity contribution in [2.45, 2.75) is 93.6 Å². The van der Waals surface area contributed by atoms with E-state index in [9.17, 15) is 20.4 Å². The Morgan fingerprint density at radius 1 is 0.545 bits per heavy atom. The summed E-state index contributed by atoms with van der Waals surface area (Å²) in [5, 5.41) is 52.9. The van der Waals surface area contributed by atoms with Crippen molar-refractivity contribution < 1.29 is 39.4 Å². The van der Waals surface area contributed by atoms with Crippen LogP contribution in [-0.4, -0.2) is 156 Å². The summed E-state index contributed by atoms with van der Waals surface area (Å²) >= 11 is 0. The van der Waals surface area contributed by atoms with Gasteiger partial charge in [-0.15, -0.1) is 0 Å². The summed E-state index contributed by atoms with van der Waals surface area (Å²) in [5.41, 5.74) is 12.7. The monoisotopic (exact) mass is 1050 g/mol. The van der Waals surface area contributed by atoms with Gasteiger partial charge in [0.05, 0.1) is 25.9 Å². The van der Waals surface area contributed by atoms with E-state index in [-0.39, 0.29) is 25.0 Å². The van der Waals surface area contributed by atoms with E-state index in [2.05, 4.69) is 93.3 Å². The van der Waals surface area contributed by atoms with Gasteiger partial charge >= 0.3 is 0 Å². The molecule has 4 aromatic heterocycles. The van der Waals surface area contributed by atoms with E-state index >= 15 is 0 Å². The summed E-state index contributed by atoms with van der Waals surface area (Å²) in [7, 11) is 3.05. The SMILES string of the molecule is COC[C@H]1O[C@@H](n2cnc3c(NCC(c4ccccc4)c4ccccc4)nc(CCN)nc32)[C@H](O)[C@@H]1O.COC[C@H]1O[C@@H](n2cnc3c(NCC(c4ccccc4)c4ccccc4)nc(CCNC(C)C)nc32)[C@H](O)[C@@H]1O. The number of benzene rings is 4. The molecule has 10 rings (SSSR count). The average molecular weight is 1050 g/mol. The van der Waals surface area contributed by atoms with Crippen LogP contribution in [0.25, 0.3) is 22.3 Å². The number of aliphatic hydroxyl groups excluding tert-OH is 4. The molecule has 9 N–H and O–H groups in total. The van der Waals surface area contributed by atoms with Crippen LogP contribution >= 0.6 is 0 Å². The van der Waals surface area contributed by atoms with Crippen LogP contribution in [0.1, 0.15) is 72.0 Å². The molecule has 0 unspecified atom stereocenters. The standard InChI is InChI=1S/C30H38N6O4.C27H32N6O4/c1-19(2)31-15-14-24-34-28(32-16-22(20-10-6-4-7-11-20)21-12-8-5-9-13-21)25-29(35-24)36(18-33-25)30-27(38)26(37)23(40-30)17-39-3;1-36-15-20-23(34)24(35)27(37-20)33-16-30-22-25(31-21(12-13-28)32-26(22)33)29-14-19(17-8-4-2-5-9-17)18-10-6-3-7-11-18/h4-13,18-19,22-23,26-27,30-31,37-38H,14-17H2,1-3H3,(H,32,34,35);2-11,16,19-20,23-24,27,34-35H,12-15,28H2,1H3,(H,29,31,32)/t23-,26-,27-,30-;20-,23-,24-,27-/m11/s1. The third-order valence-electron chi connectivity index (χ3n) is 13.8. The second-order valence-corrected chi connectivity index (χ2v) is 19.5. The summed E-state index contributed by atoms with van der Waals surface area (Å²) < 4.78 is 25.5. The van der Waals surface area contributed by atoms with Crippen LogP contribution in [0.2, 0.25) is 0 Å².